The fourth-order valence-electron chi connectivity index (χ4n) is 2.60. The minimum absolute atomic E-state index is 0.0246. The minimum atomic E-state index is -1.82. The molecule has 0 spiro atoms. The van der Waals surface area contributed by atoms with Crippen molar-refractivity contribution in [1.82, 2.24) is 24.6 Å². The van der Waals surface area contributed by atoms with Gasteiger partial charge in [0.2, 0.25) is 5.95 Å². The van der Waals surface area contributed by atoms with Crippen LogP contribution in [-0.4, -0.2) is 62.6 Å². The molecule has 2 unspecified atom stereocenters. The van der Waals surface area contributed by atoms with Gasteiger partial charge < -0.3 is 30.2 Å². The van der Waals surface area contributed by atoms with Gasteiger partial charge in [0.25, 0.3) is 6.35 Å². The van der Waals surface area contributed by atoms with Crippen molar-refractivity contribution in [3.8, 4) is 0 Å². The highest BCUT2D eigenvalue weighted by molar-refractivity contribution is 7.42. The van der Waals surface area contributed by atoms with Gasteiger partial charge in [-0.15, -0.1) is 0 Å². The number of aromatic nitrogens is 4. The van der Waals surface area contributed by atoms with Crippen LogP contribution in [0, 0.1) is 0 Å². The summed E-state index contributed by atoms with van der Waals surface area (Å²) in [4.78, 5) is 12.9. The molecule has 2 aromatic rings. The summed E-state index contributed by atoms with van der Waals surface area (Å²) in [5.41, 5.74) is 7.13. The molecule has 3 rings (SSSR count). The van der Waals surface area contributed by atoms with Gasteiger partial charge in [0.1, 0.15) is 0 Å². The maximum atomic E-state index is 12.0. The lowest BCUT2D eigenvalue weighted by Gasteiger charge is -2.14. The summed E-state index contributed by atoms with van der Waals surface area (Å²) in [7, 11) is -1.82. The zero-order chi connectivity index (χ0) is 20.1. The van der Waals surface area contributed by atoms with Crippen LogP contribution < -0.4 is 16.1 Å². The molecular weight excluding hydrogens is 385 g/mol. The number of hydrogen-bond donors (Lipinski definition) is 4. The monoisotopic (exact) mass is 412 g/mol. The van der Waals surface area contributed by atoms with Crippen LogP contribution in [0.1, 0.15) is 26.7 Å². The van der Waals surface area contributed by atoms with Crippen LogP contribution in [0.25, 0.3) is 11.2 Å². The molecule has 0 radical (unpaired) electrons. The van der Waals surface area contributed by atoms with E-state index < -0.39 is 20.3 Å². The maximum Gasteiger partial charge on any atom is 0.461 e. The Balaban J connectivity index is 1.49. The van der Waals surface area contributed by atoms with E-state index in [1.807, 2.05) is 4.57 Å². The highest BCUT2D eigenvalue weighted by Crippen LogP contribution is 2.27. The Morgan fingerprint density at radius 3 is 2.96 bits per heavy atom. The molecule has 0 amide bonds. The molecule has 1 saturated carbocycles. The van der Waals surface area contributed by atoms with Crippen molar-refractivity contribution in [2.45, 2.75) is 51.6 Å². The molecule has 2 heterocycles. The van der Waals surface area contributed by atoms with Gasteiger partial charge >= 0.3 is 7.95 Å². The fraction of sp³-hybridized carbons (Fsp3) is 0.688. The zero-order valence-electron chi connectivity index (χ0n) is 16.0. The van der Waals surface area contributed by atoms with Gasteiger partial charge in [-0.25, -0.2) is 4.98 Å². The number of nitrogens with zero attached hydrogens (tertiary/aromatic N) is 4. The Labute approximate surface area is 163 Å². The van der Waals surface area contributed by atoms with Crippen LogP contribution in [0.4, 0.5) is 11.8 Å². The first-order valence-corrected chi connectivity index (χ1v) is 10.8. The molecule has 0 bridgehead atoms. The van der Waals surface area contributed by atoms with Gasteiger partial charge in [0.05, 0.1) is 19.0 Å². The Kier molecular flexibility index (Phi) is 7.08. The van der Waals surface area contributed by atoms with E-state index in [1.54, 1.807) is 20.2 Å². The average molecular weight is 412 g/mol. The lowest BCUT2D eigenvalue weighted by atomic mass is 10.3. The molecule has 12 heteroatoms. The fourth-order valence-corrected chi connectivity index (χ4v) is 3.55. The standard InChI is InChI=1S/C16H27N7O4P/c1-3-27-15(24)10(2)22-28(25)9-26-7-6-23-8-18-12-13(19-11-4-5-11)20-16(17)21-14(12)23/h8,10-11,15,24H,3-7,9H2,1-2H3,(H,22,25)(H3,17,19,20,21)/q+1/t10-,15?/m1/s1. The number of imidazole rings is 1. The van der Waals surface area contributed by atoms with Gasteiger partial charge in [-0.3, -0.25) is 0 Å². The van der Waals surface area contributed by atoms with E-state index in [0.717, 1.165) is 12.8 Å². The molecule has 1 fully saturated rings. The summed E-state index contributed by atoms with van der Waals surface area (Å²) >= 11 is 0. The van der Waals surface area contributed by atoms with Gasteiger partial charge in [0.15, 0.2) is 23.3 Å². The third-order valence-corrected chi connectivity index (χ3v) is 5.31. The zero-order valence-corrected chi connectivity index (χ0v) is 16.9. The van der Waals surface area contributed by atoms with Crippen molar-refractivity contribution in [2.75, 3.05) is 30.6 Å². The Hall–Kier alpha value is -1.91. The number of aliphatic hydroxyl groups excluding tert-OH is 1. The Morgan fingerprint density at radius 2 is 2.25 bits per heavy atom. The first kappa shape index (κ1) is 20.8. The molecule has 1 aliphatic carbocycles. The SMILES string of the molecule is CCOC(O)[C@@H](C)N[P+](=O)COCCn1cnc2c(NC3CC3)nc(N)nc21. The van der Waals surface area contributed by atoms with Crippen molar-refractivity contribution >= 4 is 30.9 Å². The Morgan fingerprint density at radius 1 is 1.46 bits per heavy atom. The predicted octanol–water partition coefficient (Wildman–Crippen LogP) is 1.03. The second-order valence-electron chi connectivity index (χ2n) is 6.64. The molecule has 11 nitrogen and oxygen atoms in total. The van der Waals surface area contributed by atoms with E-state index in [9.17, 15) is 9.67 Å². The lowest BCUT2D eigenvalue weighted by molar-refractivity contribution is -0.108. The summed E-state index contributed by atoms with van der Waals surface area (Å²) in [6, 6.07) is -0.0276. The number of ether oxygens (including phenoxy) is 2. The van der Waals surface area contributed by atoms with E-state index in [0.29, 0.717) is 42.8 Å². The van der Waals surface area contributed by atoms with Crippen LogP contribution in [0.5, 0.6) is 0 Å². The number of anilines is 2. The second-order valence-corrected chi connectivity index (χ2v) is 7.91. The van der Waals surface area contributed by atoms with Crippen LogP contribution in [0.15, 0.2) is 6.33 Å². The van der Waals surface area contributed by atoms with Crippen molar-refractivity contribution in [1.29, 1.82) is 0 Å². The molecule has 2 aromatic heterocycles. The molecule has 1 aliphatic rings. The molecule has 28 heavy (non-hydrogen) atoms. The summed E-state index contributed by atoms with van der Waals surface area (Å²) < 4.78 is 24.4. The molecular formula is C16H27N7O4P+. The summed E-state index contributed by atoms with van der Waals surface area (Å²) in [5, 5.41) is 15.8. The van der Waals surface area contributed by atoms with E-state index in [2.05, 4.69) is 25.4 Å². The van der Waals surface area contributed by atoms with Crippen LogP contribution in [0.3, 0.4) is 0 Å². The first-order chi connectivity index (χ1) is 13.5. The molecule has 5 N–H and O–H groups in total. The number of aliphatic hydroxyl groups is 1. The molecule has 0 aromatic carbocycles. The average Bonchev–Trinajstić information content (AvgIpc) is 3.37. The largest absolute Gasteiger partial charge is 0.461 e. The first-order valence-electron chi connectivity index (χ1n) is 9.31. The third-order valence-electron chi connectivity index (χ3n) is 4.20. The molecule has 0 saturated heterocycles. The summed E-state index contributed by atoms with van der Waals surface area (Å²) in [6.07, 6.45) is 2.92. The summed E-state index contributed by atoms with van der Waals surface area (Å²) in [6.45, 7) is 4.66. The van der Waals surface area contributed by atoms with Crippen molar-refractivity contribution in [3.05, 3.63) is 6.33 Å². The number of nitrogens with two attached hydrogens (primary N) is 1. The van der Waals surface area contributed by atoms with E-state index in [-0.39, 0.29) is 12.3 Å². The minimum Gasteiger partial charge on any atom is -0.368 e. The molecule has 0 aliphatic heterocycles. The lowest BCUT2D eigenvalue weighted by Crippen LogP contribution is -2.35. The smallest absolute Gasteiger partial charge is 0.368 e. The number of hydrogen-bond acceptors (Lipinski definition) is 9. The van der Waals surface area contributed by atoms with Crippen molar-refractivity contribution < 1.29 is 19.1 Å². The van der Waals surface area contributed by atoms with E-state index in [4.69, 9.17) is 15.2 Å². The van der Waals surface area contributed by atoms with Crippen LogP contribution >= 0.6 is 7.95 Å². The number of fused-ring (bicyclic) bond motifs is 1. The Bertz CT molecular complexity index is 814. The molecule has 154 valence electrons. The van der Waals surface area contributed by atoms with Gasteiger partial charge in [-0.2, -0.15) is 9.97 Å². The topological polar surface area (TPSA) is 149 Å². The van der Waals surface area contributed by atoms with Crippen molar-refractivity contribution in [2.24, 2.45) is 0 Å². The highest BCUT2D eigenvalue weighted by atomic mass is 31.1. The van der Waals surface area contributed by atoms with Crippen molar-refractivity contribution in [3.63, 3.8) is 0 Å². The maximum absolute atomic E-state index is 12.0. The van der Waals surface area contributed by atoms with Gasteiger partial charge in [-0.05, 0) is 31.3 Å². The van der Waals surface area contributed by atoms with E-state index >= 15 is 0 Å². The summed E-state index contributed by atoms with van der Waals surface area (Å²) in [5.74, 6) is 0.839. The third kappa shape index (κ3) is 5.55. The normalized spacial score (nSPS) is 16.9. The van der Waals surface area contributed by atoms with Gasteiger partial charge in [-0.1, -0.05) is 5.09 Å². The van der Waals surface area contributed by atoms with Crippen LogP contribution in [0.2, 0.25) is 0 Å². The van der Waals surface area contributed by atoms with Crippen LogP contribution in [-0.2, 0) is 20.6 Å². The highest BCUT2D eigenvalue weighted by Gasteiger charge is 2.25. The van der Waals surface area contributed by atoms with E-state index in [1.165, 1.54) is 0 Å². The number of nitrogen functional groups attached to an aromatic ring is 1. The van der Waals surface area contributed by atoms with Gasteiger partial charge in [0, 0.05) is 19.2 Å². The number of nitrogens with one attached hydrogen (secondary N) is 2. The number of rotatable bonds is 12. The second kappa shape index (κ2) is 9.53. The predicted molar refractivity (Wildman–Crippen MR) is 105 cm³/mol. The quantitative estimate of drug-likeness (QED) is 0.226. The molecule has 3 atom stereocenters.